The van der Waals surface area contributed by atoms with Crippen LogP contribution in [-0.2, 0) is 14.8 Å². The maximum absolute atomic E-state index is 12.6. The molecule has 0 bridgehead atoms. The molecule has 0 spiro atoms. The van der Waals surface area contributed by atoms with Gasteiger partial charge in [0.2, 0.25) is 10.0 Å². The van der Waals surface area contributed by atoms with E-state index in [1.54, 1.807) is 12.1 Å². The lowest BCUT2D eigenvalue weighted by Gasteiger charge is -2.26. The molecule has 2 aliphatic rings. The number of hydrogen-bond donors (Lipinski definition) is 1. The second-order valence-corrected chi connectivity index (χ2v) is 9.41. The minimum Gasteiger partial charge on any atom is -0.486 e. The third kappa shape index (κ3) is 4.08. The number of sulfonamides is 1. The fourth-order valence-electron chi connectivity index (χ4n) is 3.00. The molecule has 1 saturated heterocycles. The lowest BCUT2D eigenvalue weighted by Crippen LogP contribution is -2.42. The maximum atomic E-state index is 12.6. The molecule has 1 fully saturated rings. The average molecular weight is 425 g/mol. The zero-order valence-corrected chi connectivity index (χ0v) is 16.7. The van der Waals surface area contributed by atoms with Gasteiger partial charge in [0, 0.05) is 24.5 Å². The Kier molecular flexibility index (Phi) is 5.42. The number of fused-ring (bicyclic) bond motifs is 1. The highest BCUT2D eigenvalue weighted by Crippen LogP contribution is 2.37. The molecule has 8 nitrogen and oxygen atoms in total. The number of thiophene rings is 1. The summed E-state index contributed by atoms with van der Waals surface area (Å²) < 4.78 is 43.9. The van der Waals surface area contributed by atoms with Crippen molar-refractivity contribution in [2.75, 3.05) is 39.5 Å². The number of carbonyl (C=O) groups is 1. The molecule has 2 aliphatic heterocycles. The number of nitrogens with zero attached hydrogens (tertiary/aromatic N) is 1. The van der Waals surface area contributed by atoms with E-state index in [0.717, 1.165) is 16.9 Å². The smallest absolute Gasteiger partial charge is 0.409 e. The van der Waals surface area contributed by atoms with Crippen molar-refractivity contribution in [1.82, 2.24) is 9.62 Å². The van der Waals surface area contributed by atoms with E-state index >= 15 is 0 Å². The Hall–Kier alpha value is -2.30. The Balaban J connectivity index is 1.42. The van der Waals surface area contributed by atoms with Crippen LogP contribution in [0.3, 0.4) is 0 Å². The Morgan fingerprint density at radius 2 is 1.86 bits per heavy atom. The highest BCUT2D eigenvalue weighted by Gasteiger charge is 2.22. The quantitative estimate of drug-likeness (QED) is 0.765. The van der Waals surface area contributed by atoms with Gasteiger partial charge in [-0.1, -0.05) is 0 Å². The molecular weight excluding hydrogens is 404 g/mol. The van der Waals surface area contributed by atoms with Crippen molar-refractivity contribution in [3.63, 3.8) is 0 Å². The summed E-state index contributed by atoms with van der Waals surface area (Å²) in [5.41, 5.74) is 0.867. The maximum Gasteiger partial charge on any atom is 0.409 e. The van der Waals surface area contributed by atoms with Gasteiger partial charge >= 0.3 is 6.09 Å². The van der Waals surface area contributed by atoms with Crippen LogP contribution in [0.2, 0.25) is 0 Å². The van der Waals surface area contributed by atoms with Crippen molar-refractivity contribution < 1.29 is 27.4 Å². The van der Waals surface area contributed by atoms with Crippen molar-refractivity contribution in [2.24, 2.45) is 0 Å². The van der Waals surface area contributed by atoms with Gasteiger partial charge in [-0.05, 0) is 42.3 Å². The Morgan fingerprint density at radius 3 is 2.68 bits per heavy atom. The summed E-state index contributed by atoms with van der Waals surface area (Å²) >= 11 is 1.18. The Bertz CT molecular complexity index is 972. The molecule has 0 unspecified atom stereocenters. The largest absolute Gasteiger partial charge is 0.486 e. The van der Waals surface area contributed by atoms with Crippen molar-refractivity contribution in [3.05, 3.63) is 30.3 Å². The molecule has 4 rings (SSSR count). The zero-order chi connectivity index (χ0) is 19.6. The standard InChI is InChI=1S/C18H20N2O6S2/c21-18-20(7-1-9-26-18)8-6-19-28(22,23)17-5-4-16(27-17)13-2-3-14-15(12-13)25-11-10-24-14/h2-5,12,19H,1,6-11H2. The highest BCUT2D eigenvalue weighted by molar-refractivity contribution is 7.91. The van der Waals surface area contributed by atoms with Crippen molar-refractivity contribution in [1.29, 1.82) is 0 Å². The zero-order valence-electron chi connectivity index (χ0n) is 15.0. The average Bonchev–Trinajstić information content (AvgIpc) is 3.20. The number of cyclic esters (lactones) is 1. The number of amides is 1. The molecule has 28 heavy (non-hydrogen) atoms. The lowest BCUT2D eigenvalue weighted by molar-refractivity contribution is 0.0738. The van der Waals surface area contributed by atoms with E-state index in [2.05, 4.69) is 4.72 Å². The molecule has 1 N–H and O–H groups in total. The SMILES string of the molecule is O=C1OCCCN1CCNS(=O)(=O)c1ccc(-c2ccc3c(c2)OCCO3)s1. The summed E-state index contributed by atoms with van der Waals surface area (Å²) in [6, 6.07) is 8.91. The van der Waals surface area contributed by atoms with Gasteiger partial charge in [0.15, 0.2) is 11.5 Å². The predicted molar refractivity (Wildman–Crippen MR) is 103 cm³/mol. The first-order chi connectivity index (χ1) is 13.5. The molecule has 0 atom stereocenters. The lowest BCUT2D eigenvalue weighted by atomic mass is 10.1. The van der Waals surface area contributed by atoms with Crippen LogP contribution >= 0.6 is 11.3 Å². The van der Waals surface area contributed by atoms with Crippen molar-refractivity contribution in [3.8, 4) is 21.9 Å². The molecule has 1 aromatic heterocycles. The number of ether oxygens (including phenoxy) is 3. The van der Waals surface area contributed by atoms with E-state index in [9.17, 15) is 13.2 Å². The van der Waals surface area contributed by atoms with E-state index < -0.39 is 16.1 Å². The van der Waals surface area contributed by atoms with E-state index in [-0.39, 0.29) is 17.3 Å². The van der Waals surface area contributed by atoms with Gasteiger partial charge in [-0.3, -0.25) is 0 Å². The molecule has 1 aromatic carbocycles. The molecule has 150 valence electrons. The number of nitrogens with one attached hydrogen (secondary N) is 1. The normalized spacial score (nSPS) is 16.7. The second-order valence-electron chi connectivity index (χ2n) is 6.33. The summed E-state index contributed by atoms with van der Waals surface area (Å²) in [6.07, 6.45) is 0.352. The van der Waals surface area contributed by atoms with Gasteiger partial charge in [0.05, 0.1) is 6.61 Å². The van der Waals surface area contributed by atoms with Crippen LogP contribution in [0.25, 0.3) is 10.4 Å². The molecule has 10 heteroatoms. The third-order valence-corrected chi connectivity index (χ3v) is 7.49. The first-order valence-corrected chi connectivity index (χ1v) is 11.2. The van der Waals surface area contributed by atoms with Crippen molar-refractivity contribution in [2.45, 2.75) is 10.6 Å². The summed E-state index contributed by atoms with van der Waals surface area (Å²) in [4.78, 5) is 13.9. The Morgan fingerprint density at radius 1 is 1.04 bits per heavy atom. The van der Waals surface area contributed by atoms with Gasteiger partial charge in [-0.15, -0.1) is 11.3 Å². The molecular formula is C18H20N2O6S2. The van der Waals surface area contributed by atoms with Crippen LogP contribution in [0.15, 0.2) is 34.5 Å². The molecule has 3 heterocycles. The van der Waals surface area contributed by atoms with Crippen LogP contribution in [0, 0.1) is 0 Å². The van der Waals surface area contributed by atoms with Gasteiger partial charge in [-0.2, -0.15) is 0 Å². The fraction of sp³-hybridized carbons (Fsp3) is 0.389. The van der Waals surface area contributed by atoms with Crippen LogP contribution in [0.1, 0.15) is 6.42 Å². The molecule has 1 amide bonds. The Labute approximate surface area is 167 Å². The van der Waals surface area contributed by atoms with Gasteiger partial charge in [0.1, 0.15) is 17.4 Å². The minimum absolute atomic E-state index is 0.134. The number of rotatable bonds is 6. The molecule has 0 aliphatic carbocycles. The third-order valence-electron chi connectivity index (χ3n) is 4.40. The summed E-state index contributed by atoms with van der Waals surface area (Å²) in [7, 11) is -3.65. The molecule has 2 aromatic rings. The van der Waals surface area contributed by atoms with E-state index in [0.29, 0.717) is 37.9 Å². The second kappa shape index (κ2) is 7.98. The molecule has 0 radical (unpaired) electrons. The summed E-state index contributed by atoms with van der Waals surface area (Å²) in [5.74, 6) is 1.35. The molecule has 0 saturated carbocycles. The predicted octanol–water partition coefficient (Wildman–Crippen LogP) is 2.31. The monoisotopic (exact) mass is 424 g/mol. The summed E-state index contributed by atoms with van der Waals surface area (Å²) in [6.45, 7) is 2.42. The van der Waals surface area contributed by atoms with Crippen LogP contribution in [0.4, 0.5) is 4.79 Å². The van der Waals surface area contributed by atoms with E-state index in [4.69, 9.17) is 14.2 Å². The number of carbonyl (C=O) groups excluding carboxylic acids is 1. The highest BCUT2D eigenvalue weighted by atomic mass is 32.2. The fourth-order valence-corrected chi connectivity index (χ4v) is 5.37. The number of hydrogen-bond acceptors (Lipinski definition) is 7. The van der Waals surface area contributed by atoms with E-state index in [1.165, 1.54) is 16.2 Å². The first-order valence-electron chi connectivity index (χ1n) is 8.94. The van der Waals surface area contributed by atoms with Crippen LogP contribution in [-0.4, -0.2) is 58.9 Å². The minimum atomic E-state index is -3.65. The van der Waals surface area contributed by atoms with Gasteiger partial charge in [0.25, 0.3) is 0 Å². The first kappa shape index (κ1) is 19.0. The van der Waals surface area contributed by atoms with Gasteiger partial charge < -0.3 is 19.1 Å². The summed E-state index contributed by atoms with van der Waals surface area (Å²) in [5, 5.41) is 0. The van der Waals surface area contributed by atoms with Crippen LogP contribution in [0.5, 0.6) is 11.5 Å². The topological polar surface area (TPSA) is 94.2 Å². The number of benzene rings is 1. The van der Waals surface area contributed by atoms with E-state index in [1.807, 2.05) is 18.2 Å². The van der Waals surface area contributed by atoms with Gasteiger partial charge in [-0.25, -0.2) is 17.9 Å². The van der Waals surface area contributed by atoms with Crippen molar-refractivity contribution >= 4 is 27.5 Å². The van der Waals surface area contributed by atoms with Crippen LogP contribution < -0.4 is 14.2 Å².